The first-order chi connectivity index (χ1) is 22.3. The highest BCUT2D eigenvalue weighted by Gasteiger charge is 2.20. The Hall–Kier alpha value is -5.92. The van der Waals surface area contributed by atoms with E-state index < -0.39 is 0 Å². The summed E-state index contributed by atoms with van der Waals surface area (Å²) < 4.78 is 6.52. The first kappa shape index (κ1) is 25.6. The highest BCUT2D eigenvalue weighted by molar-refractivity contribution is 6.23. The van der Waals surface area contributed by atoms with E-state index in [9.17, 15) is 0 Å². The molecule has 0 spiro atoms. The Morgan fingerprint density at radius 3 is 1.33 bits per heavy atom. The van der Waals surface area contributed by atoms with Gasteiger partial charge in [-0.05, 0) is 78.7 Å². The molecule has 9 aromatic rings. The summed E-state index contributed by atoms with van der Waals surface area (Å²) in [6, 6.07) is 61.0. The zero-order valence-corrected chi connectivity index (χ0v) is 24.6. The van der Waals surface area contributed by atoms with E-state index in [0.717, 1.165) is 33.1 Å². The van der Waals surface area contributed by atoms with Gasteiger partial charge in [0.15, 0.2) is 0 Å². The molecule has 0 fully saturated rings. The molecule has 0 aliphatic carbocycles. The lowest BCUT2D eigenvalue weighted by Gasteiger charge is -2.18. The van der Waals surface area contributed by atoms with Crippen molar-refractivity contribution in [1.29, 1.82) is 0 Å². The smallest absolute Gasteiger partial charge is 0.143 e. The molecule has 1 heterocycles. The standard InChI is InChI=1S/C44H28O/c1-3-13-29(14-4-1)30-23-25-32(26-24-30)42-35-18-7-9-20-37(35)43(38-21-10-8-19-36(38)42)33-27-39(31-15-5-2-6-16-31)44-40(28-33)34-17-11-12-22-41(34)45-44/h1-28H. The second kappa shape index (κ2) is 10.4. The van der Waals surface area contributed by atoms with E-state index in [2.05, 4.69) is 164 Å². The van der Waals surface area contributed by atoms with E-state index >= 15 is 0 Å². The quantitative estimate of drug-likeness (QED) is 0.191. The van der Waals surface area contributed by atoms with Gasteiger partial charge in [0.25, 0.3) is 0 Å². The molecular formula is C44H28O. The summed E-state index contributed by atoms with van der Waals surface area (Å²) in [4.78, 5) is 0. The number of rotatable bonds is 4. The van der Waals surface area contributed by atoms with Crippen LogP contribution in [0.25, 0.3) is 88.0 Å². The summed E-state index contributed by atoms with van der Waals surface area (Å²) in [5, 5.41) is 7.24. The van der Waals surface area contributed by atoms with Crippen molar-refractivity contribution < 1.29 is 4.42 Å². The average molecular weight is 573 g/mol. The van der Waals surface area contributed by atoms with Gasteiger partial charge in [-0.2, -0.15) is 0 Å². The van der Waals surface area contributed by atoms with Crippen molar-refractivity contribution >= 4 is 43.5 Å². The van der Waals surface area contributed by atoms with E-state index in [4.69, 9.17) is 4.42 Å². The van der Waals surface area contributed by atoms with Crippen molar-refractivity contribution in [3.05, 3.63) is 170 Å². The number of para-hydroxylation sites is 1. The lowest BCUT2D eigenvalue weighted by Crippen LogP contribution is -1.91. The second-order valence-corrected chi connectivity index (χ2v) is 11.6. The first-order valence-corrected chi connectivity index (χ1v) is 15.4. The van der Waals surface area contributed by atoms with E-state index in [1.807, 2.05) is 6.07 Å². The van der Waals surface area contributed by atoms with Gasteiger partial charge in [-0.3, -0.25) is 0 Å². The van der Waals surface area contributed by atoms with Crippen LogP contribution in [0.5, 0.6) is 0 Å². The van der Waals surface area contributed by atoms with E-state index in [0.29, 0.717) is 0 Å². The topological polar surface area (TPSA) is 13.1 Å². The van der Waals surface area contributed by atoms with Crippen LogP contribution in [-0.2, 0) is 0 Å². The number of furan rings is 1. The van der Waals surface area contributed by atoms with Crippen LogP contribution in [0.3, 0.4) is 0 Å². The number of fused-ring (bicyclic) bond motifs is 5. The maximum Gasteiger partial charge on any atom is 0.143 e. The van der Waals surface area contributed by atoms with Crippen molar-refractivity contribution in [2.75, 3.05) is 0 Å². The van der Waals surface area contributed by atoms with Crippen molar-refractivity contribution in [2.45, 2.75) is 0 Å². The molecule has 0 atom stereocenters. The molecule has 0 aliphatic rings. The summed E-state index contributed by atoms with van der Waals surface area (Å²) >= 11 is 0. The molecule has 1 aromatic heterocycles. The fourth-order valence-electron chi connectivity index (χ4n) is 7.01. The maximum atomic E-state index is 6.52. The van der Waals surface area contributed by atoms with Gasteiger partial charge in [-0.1, -0.05) is 152 Å². The van der Waals surface area contributed by atoms with Gasteiger partial charge in [0.05, 0.1) is 0 Å². The molecule has 210 valence electrons. The molecule has 0 unspecified atom stereocenters. The fourth-order valence-corrected chi connectivity index (χ4v) is 7.01. The molecule has 1 nitrogen and oxygen atoms in total. The van der Waals surface area contributed by atoms with Crippen molar-refractivity contribution in [3.8, 4) is 44.5 Å². The Kier molecular flexibility index (Phi) is 5.89. The van der Waals surface area contributed by atoms with Gasteiger partial charge in [0, 0.05) is 16.3 Å². The summed E-state index contributed by atoms with van der Waals surface area (Å²) in [5.41, 5.74) is 11.4. The molecule has 0 saturated heterocycles. The van der Waals surface area contributed by atoms with Crippen LogP contribution in [0.15, 0.2) is 174 Å². The number of hydrogen-bond donors (Lipinski definition) is 0. The minimum Gasteiger partial charge on any atom is -0.455 e. The van der Waals surface area contributed by atoms with Gasteiger partial charge >= 0.3 is 0 Å². The Balaban J connectivity index is 1.35. The monoisotopic (exact) mass is 572 g/mol. The van der Waals surface area contributed by atoms with Crippen molar-refractivity contribution in [2.24, 2.45) is 0 Å². The van der Waals surface area contributed by atoms with Gasteiger partial charge in [0.2, 0.25) is 0 Å². The van der Waals surface area contributed by atoms with E-state index in [-0.39, 0.29) is 0 Å². The SMILES string of the molecule is c1ccc(-c2ccc(-c3c4ccccc4c(-c4cc(-c5ccccc5)c5oc6ccccc6c5c4)c4ccccc34)cc2)cc1. The Morgan fingerprint density at radius 2 is 0.733 bits per heavy atom. The van der Waals surface area contributed by atoms with Gasteiger partial charge < -0.3 is 4.42 Å². The number of benzene rings is 8. The maximum absolute atomic E-state index is 6.52. The predicted octanol–water partition coefficient (Wildman–Crippen LogP) is 12.6. The van der Waals surface area contributed by atoms with Gasteiger partial charge in [-0.15, -0.1) is 0 Å². The summed E-state index contributed by atoms with van der Waals surface area (Å²) in [7, 11) is 0. The average Bonchev–Trinajstić information content (AvgIpc) is 3.50. The Labute approximate surface area is 261 Å². The molecule has 1 heteroatoms. The summed E-state index contributed by atoms with van der Waals surface area (Å²) in [6.45, 7) is 0. The third-order valence-electron chi connectivity index (χ3n) is 9.06. The summed E-state index contributed by atoms with van der Waals surface area (Å²) in [6.07, 6.45) is 0. The highest BCUT2D eigenvalue weighted by atomic mass is 16.3. The molecule has 0 saturated carbocycles. The molecule has 9 rings (SSSR count). The Morgan fingerprint density at radius 1 is 0.289 bits per heavy atom. The van der Waals surface area contributed by atoms with Crippen LogP contribution >= 0.6 is 0 Å². The van der Waals surface area contributed by atoms with E-state index in [1.54, 1.807) is 0 Å². The zero-order valence-electron chi connectivity index (χ0n) is 24.6. The van der Waals surface area contributed by atoms with Crippen molar-refractivity contribution in [1.82, 2.24) is 0 Å². The summed E-state index contributed by atoms with van der Waals surface area (Å²) in [5.74, 6) is 0. The molecule has 45 heavy (non-hydrogen) atoms. The van der Waals surface area contributed by atoms with Crippen LogP contribution in [-0.4, -0.2) is 0 Å². The normalized spacial score (nSPS) is 11.6. The third kappa shape index (κ3) is 4.17. The predicted molar refractivity (Wildman–Crippen MR) is 190 cm³/mol. The van der Waals surface area contributed by atoms with Gasteiger partial charge in [0.1, 0.15) is 11.2 Å². The first-order valence-electron chi connectivity index (χ1n) is 15.4. The molecular weight excluding hydrogens is 544 g/mol. The van der Waals surface area contributed by atoms with Gasteiger partial charge in [-0.25, -0.2) is 0 Å². The second-order valence-electron chi connectivity index (χ2n) is 11.6. The minimum atomic E-state index is 0.908. The van der Waals surface area contributed by atoms with E-state index in [1.165, 1.54) is 54.9 Å². The Bertz CT molecular complexity index is 2450. The molecule has 0 N–H and O–H groups in total. The zero-order chi connectivity index (χ0) is 29.7. The van der Waals surface area contributed by atoms with Crippen LogP contribution in [0.2, 0.25) is 0 Å². The molecule has 0 aliphatic heterocycles. The molecule has 0 amide bonds. The largest absolute Gasteiger partial charge is 0.455 e. The lowest BCUT2D eigenvalue weighted by atomic mass is 9.84. The highest BCUT2D eigenvalue weighted by Crippen LogP contribution is 2.46. The minimum absolute atomic E-state index is 0.908. The van der Waals surface area contributed by atoms with Crippen LogP contribution in [0, 0.1) is 0 Å². The van der Waals surface area contributed by atoms with Crippen LogP contribution in [0.4, 0.5) is 0 Å². The van der Waals surface area contributed by atoms with Crippen molar-refractivity contribution in [3.63, 3.8) is 0 Å². The lowest BCUT2D eigenvalue weighted by molar-refractivity contribution is 0.670. The number of hydrogen-bond acceptors (Lipinski definition) is 1. The molecule has 0 bridgehead atoms. The fraction of sp³-hybridized carbons (Fsp3) is 0. The van der Waals surface area contributed by atoms with Crippen LogP contribution in [0.1, 0.15) is 0 Å². The van der Waals surface area contributed by atoms with Crippen LogP contribution < -0.4 is 0 Å². The third-order valence-corrected chi connectivity index (χ3v) is 9.06. The molecule has 0 radical (unpaired) electrons. The molecule has 8 aromatic carbocycles.